The first-order chi connectivity index (χ1) is 7.54. The van der Waals surface area contributed by atoms with Crippen molar-refractivity contribution in [2.45, 2.75) is 19.8 Å². The fraction of sp³-hybridized carbons (Fsp3) is 0.556. The molecule has 0 heterocycles. The average Bonchev–Trinajstić information content (AvgIpc) is 2.18. The van der Waals surface area contributed by atoms with Crippen molar-refractivity contribution >= 4 is 24.6 Å². The third kappa shape index (κ3) is 36.1. The summed E-state index contributed by atoms with van der Waals surface area (Å²) in [6.45, 7) is 2.03. The molecule has 0 saturated carbocycles. The van der Waals surface area contributed by atoms with Crippen LogP contribution in [0, 0.1) is 0 Å². The second kappa shape index (κ2) is 21.7. The quantitative estimate of drug-likeness (QED) is 0.184. The maximum atomic E-state index is 10.1. The Morgan fingerprint density at radius 2 is 1.39 bits per heavy atom. The molecule has 0 saturated heterocycles. The van der Waals surface area contributed by atoms with Gasteiger partial charge in [-0.25, -0.2) is 0 Å². The number of nitrogens with one attached hydrogen (secondary N) is 2. The summed E-state index contributed by atoms with van der Waals surface area (Å²) in [6, 6.07) is 0. The van der Waals surface area contributed by atoms with E-state index in [0.29, 0.717) is 13.0 Å². The number of aliphatic carboxylic acids is 1. The molecule has 0 aromatic carbocycles. The van der Waals surface area contributed by atoms with E-state index < -0.39 is 5.97 Å². The monoisotopic (exact) mass is 598 g/mol. The van der Waals surface area contributed by atoms with E-state index in [2.05, 4.69) is 10.6 Å². The number of carboxylic acids is 1. The normalized spacial score (nSPS) is 7.17. The van der Waals surface area contributed by atoms with Gasteiger partial charge in [0.2, 0.25) is 0 Å². The minimum Gasteiger partial charge on any atom is -0.529 e. The second-order valence-electron chi connectivity index (χ2n) is 2.65. The Labute approximate surface area is 134 Å². The van der Waals surface area contributed by atoms with Crippen molar-refractivity contribution in [1.29, 1.82) is 0 Å². The molecule has 18 heavy (non-hydrogen) atoms. The summed E-state index contributed by atoms with van der Waals surface area (Å²) in [6.07, 6.45) is 3.18. The minimum atomic E-state index is -0.923. The first-order valence-corrected chi connectivity index (χ1v) is 4.45. The summed E-state index contributed by atoms with van der Waals surface area (Å²) >= 11 is 0. The molecule has 0 aromatic heterocycles. The van der Waals surface area contributed by atoms with E-state index in [4.69, 9.17) is 5.11 Å². The van der Waals surface area contributed by atoms with E-state index in [1.165, 1.54) is 19.7 Å². The van der Waals surface area contributed by atoms with E-state index in [1.807, 2.05) is 0 Å². The number of carboxylic acid groups (broad SMARTS) is 1. The Kier molecular flexibility index (Phi) is 31.5. The SMILES string of the molecule is CC(=O)CCN[C-]=O.O=[C-]NCCC(=O)O.[W].[W]. The van der Waals surface area contributed by atoms with E-state index >= 15 is 0 Å². The first kappa shape index (κ1) is 26.1. The van der Waals surface area contributed by atoms with Crippen LogP contribution in [-0.4, -0.2) is 42.8 Å². The molecule has 104 valence electrons. The fourth-order valence-corrected chi connectivity index (χ4v) is 0.510. The number of hydrogen-bond donors (Lipinski definition) is 3. The van der Waals surface area contributed by atoms with Gasteiger partial charge in [-0.15, -0.1) is 0 Å². The van der Waals surface area contributed by atoms with Crippen LogP contribution in [0.15, 0.2) is 0 Å². The second-order valence-corrected chi connectivity index (χ2v) is 2.65. The average molecular weight is 598 g/mol. The fourth-order valence-electron chi connectivity index (χ4n) is 0.510. The summed E-state index contributed by atoms with van der Waals surface area (Å²) in [5.41, 5.74) is 0. The van der Waals surface area contributed by atoms with Crippen LogP contribution in [0.3, 0.4) is 0 Å². The summed E-state index contributed by atoms with van der Waals surface area (Å²) < 4.78 is 0. The molecule has 0 aliphatic rings. The summed E-state index contributed by atoms with van der Waals surface area (Å²) in [4.78, 5) is 38.6. The Hall–Kier alpha value is -0.543. The summed E-state index contributed by atoms with van der Waals surface area (Å²) in [7, 11) is 0. The zero-order chi connectivity index (χ0) is 12.8. The maximum Gasteiger partial charge on any atom is 0.305 e. The van der Waals surface area contributed by atoms with Gasteiger partial charge in [0, 0.05) is 48.6 Å². The van der Waals surface area contributed by atoms with Crippen LogP contribution in [0.5, 0.6) is 0 Å². The van der Waals surface area contributed by atoms with Crippen molar-refractivity contribution in [1.82, 2.24) is 10.6 Å². The number of carbonyl (C=O) groups is 2. The predicted molar refractivity (Wildman–Crippen MR) is 54.9 cm³/mol. The van der Waals surface area contributed by atoms with Crippen LogP contribution in [-0.2, 0) is 61.3 Å². The number of hydrogen-bond acceptors (Lipinski definition) is 4. The van der Waals surface area contributed by atoms with E-state index in [1.54, 1.807) is 0 Å². The van der Waals surface area contributed by atoms with Gasteiger partial charge in [-0.1, -0.05) is 0 Å². The molecule has 0 unspecified atom stereocenters. The van der Waals surface area contributed by atoms with Gasteiger partial charge in [0.05, 0.1) is 6.42 Å². The van der Waals surface area contributed by atoms with E-state index in [9.17, 15) is 19.2 Å². The van der Waals surface area contributed by atoms with Crippen molar-refractivity contribution in [3.63, 3.8) is 0 Å². The molecule has 0 atom stereocenters. The van der Waals surface area contributed by atoms with Gasteiger partial charge in [-0.05, 0) is 20.0 Å². The molecule has 0 fully saturated rings. The number of carbonyl (C=O) groups excluding carboxylic acids is 3. The molecular formula is C9H14N2O5W2-2. The zero-order valence-electron chi connectivity index (χ0n) is 9.73. The van der Waals surface area contributed by atoms with Crippen LogP contribution < -0.4 is 10.6 Å². The first-order valence-electron chi connectivity index (χ1n) is 4.45. The van der Waals surface area contributed by atoms with Gasteiger partial charge in [0.15, 0.2) is 0 Å². The van der Waals surface area contributed by atoms with Crippen LogP contribution in [0.25, 0.3) is 0 Å². The molecule has 0 bridgehead atoms. The molecule has 0 radical (unpaired) electrons. The number of Topliss-reactive ketones (excluding diaryl/α,β-unsaturated/α-hetero) is 1. The number of amides is 2. The Bertz CT molecular complexity index is 215. The molecular weight excluding hydrogens is 584 g/mol. The molecule has 0 spiro atoms. The Morgan fingerprint density at radius 1 is 1.00 bits per heavy atom. The van der Waals surface area contributed by atoms with Crippen molar-refractivity contribution in [3.05, 3.63) is 0 Å². The third-order valence-corrected chi connectivity index (χ3v) is 1.21. The van der Waals surface area contributed by atoms with E-state index in [-0.39, 0.29) is 60.9 Å². The van der Waals surface area contributed by atoms with Crippen LogP contribution in [0.1, 0.15) is 19.8 Å². The molecule has 0 aromatic rings. The van der Waals surface area contributed by atoms with Gasteiger partial charge in [0.25, 0.3) is 0 Å². The standard InChI is InChI=1S/C5H8NO2.C4H6NO3.2W/c1-5(8)2-3-6-4-7;6-3-5-2-1-4(7)8;;/h2-3H2,1H3,(H,6,7);1-2H2,(H,5,6)(H,7,8);;/q2*-1;;. The summed E-state index contributed by atoms with van der Waals surface area (Å²) in [5, 5.41) is 12.3. The molecule has 9 heteroatoms. The maximum absolute atomic E-state index is 10.1. The molecule has 0 rings (SSSR count). The minimum absolute atomic E-state index is 0. The molecule has 3 N–H and O–H groups in total. The van der Waals surface area contributed by atoms with Crippen molar-refractivity contribution < 1.29 is 66.4 Å². The van der Waals surface area contributed by atoms with Crippen LogP contribution >= 0.6 is 0 Å². The Morgan fingerprint density at radius 3 is 1.67 bits per heavy atom. The largest absolute Gasteiger partial charge is 0.529 e. The summed E-state index contributed by atoms with van der Waals surface area (Å²) in [5.74, 6) is -0.847. The van der Waals surface area contributed by atoms with Crippen molar-refractivity contribution in [2.75, 3.05) is 13.1 Å². The van der Waals surface area contributed by atoms with Gasteiger partial charge < -0.3 is 25.3 Å². The predicted octanol–water partition coefficient (Wildman–Crippen LogP) is -1.26. The van der Waals surface area contributed by atoms with Gasteiger partial charge in [0.1, 0.15) is 5.78 Å². The van der Waals surface area contributed by atoms with E-state index in [0.717, 1.165) is 0 Å². The molecule has 0 aliphatic carbocycles. The zero-order valence-corrected chi connectivity index (χ0v) is 15.6. The van der Waals surface area contributed by atoms with Gasteiger partial charge in [-0.3, -0.25) is 9.59 Å². The smallest absolute Gasteiger partial charge is 0.305 e. The third-order valence-electron chi connectivity index (χ3n) is 1.21. The van der Waals surface area contributed by atoms with Crippen LogP contribution in [0.2, 0.25) is 0 Å². The van der Waals surface area contributed by atoms with Crippen molar-refractivity contribution in [2.24, 2.45) is 0 Å². The molecule has 0 aliphatic heterocycles. The molecule has 7 nitrogen and oxygen atoms in total. The van der Waals surface area contributed by atoms with Gasteiger partial charge >= 0.3 is 5.97 Å². The molecule has 2 amide bonds. The van der Waals surface area contributed by atoms with Gasteiger partial charge in [-0.2, -0.15) is 12.8 Å². The number of ketones is 1. The van der Waals surface area contributed by atoms with Crippen LogP contribution in [0.4, 0.5) is 0 Å². The topological polar surface area (TPSA) is 113 Å². The number of rotatable bonds is 8. The Balaban J connectivity index is -0.0000000980. The van der Waals surface area contributed by atoms with Crippen molar-refractivity contribution in [3.8, 4) is 0 Å².